The maximum Gasteiger partial charge on any atom is 0.177 e. The Morgan fingerprint density at radius 3 is 2.27 bits per heavy atom. The highest BCUT2D eigenvalue weighted by Gasteiger charge is 2.53. The van der Waals surface area contributed by atoms with E-state index in [1.807, 2.05) is 30.4 Å². The van der Waals surface area contributed by atoms with Gasteiger partial charge in [0.25, 0.3) is 0 Å². The van der Waals surface area contributed by atoms with E-state index in [1.54, 1.807) is 0 Å². The largest absolute Gasteiger partial charge is 0.484 e. The van der Waals surface area contributed by atoms with Crippen LogP contribution in [-0.4, -0.2) is 17.8 Å². The van der Waals surface area contributed by atoms with Crippen LogP contribution in [0.15, 0.2) is 192 Å². The van der Waals surface area contributed by atoms with Crippen LogP contribution in [0.2, 0.25) is 0 Å². The SMILES string of the molecule is CC1CC=CC2=C1C1(c3ccccc3Oc3ccc(-c4cccc([C@]5(C)N=C(c6ccccc6)NC(c6ccc7c(c6)OC6C=CC=CC76S)=N5)c4)cc31)c1ccccc12. The molecule has 0 saturated heterocycles. The zero-order valence-electron chi connectivity index (χ0n) is 33.3. The van der Waals surface area contributed by atoms with Crippen molar-refractivity contribution in [2.24, 2.45) is 15.9 Å². The smallest absolute Gasteiger partial charge is 0.177 e. The molecule has 5 nitrogen and oxygen atoms in total. The number of aliphatic imine (C=N–C) groups is 2. The number of ether oxygens (including phenoxy) is 2. The average Bonchev–Trinajstić information content (AvgIpc) is 3.76. The van der Waals surface area contributed by atoms with Crippen LogP contribution in [0.3, 0.4) is 0 Å². The highest BCUT2D eigenvalue weighted by Crippen LogP contribution is 2.64. The Labute approximate surface area is 355 Å². The summed E-state index contributed by atoms with van der Waals surface area (Å²) in [6.07, 6.45) is 13.7. The molecule has 12 rings (SSSR count). The van der Waals surface area contributed by atoms with E-state index in [2.05, 4.69) is 165 Å². The van der Waals surface area contributed by atoms with Gasteiger partial charge in [0.05, 0.1) is 5.41 Å². The molecular weight excluding hydrogens is 755 g/mol. The second-order valence-electron chi connectivity index (χ2n) is 16.8. The minimum absolute atomic E-state index is 0.170. The predicted octanol–water partition coefficient (Wildman–Crippen LogP) is 11.8. The molecule has 4 unspecified atom stereocenters. The zero-order valence-corrected chi connectivity index (χ0v) is 34.2. The number of fused-ring (bicyclic) bond motifs is 11. The standard InChI is InChI=1S/C54H41N3O2S/c1-33-14-12-20-40-39-19-6-7-21-41(39)54(49(33)40)43-22-8-9-23-45(43)58-46-28-26-36(31-44(46)54)35-17-13-18-38(30-35)52(2)56-50(34-15-4-3-5-16-34)55-51(57-52)37-25-27-42-47(32-37)59-48-24-10-11-29-53(42,48)60/h3-13,15-33,48,60H,14H2,1-2H3,(H,55,56,57)/t33?,48?,52-,53?,54?/m1/s1. The van der Waals surface area contributed by atoms with Crippen LogP contribution in [0.5, 0.6) is 17.2 Å². The van der Waals surface area contributed by atoms with E-state index in [4.69, 9.17) is 32.1 Å². The Bertz CT molecular complexity index is 3010. The van der Waals surface area contributed by atoms with E-state index >= 15 is 0 Å². The van der Waals surface area contributed by atoms with Crippen LogP contribution < -0.4 is 14.8 Å². The number of nitrogens with one attached hydrogen (secondary N) is 1. The predicted molar refractivity (Wildman–Crippen MR) is 244 cm³/mol. The Morgan fingerprint density at radius 2 is 1.38 bits per heavy atom. The lowest BCUT2D eigenvalue weighted by molar-refractivity contribution is 0.258. The summed E-state index contributed by atoms with van der Waals surface area (Å²) in [5, 5.41) is 3.60. The molecule has 0 fully saturated rings. The highest BCUT2D eigenvalue weighted by molar-refractivity contribution is 7.81. The summed E-state index contributed by atoms with van der Waals surface area (Å²) in [5.41, 5.74) is 12.5. The maximum atomic E-state index is 6.79. The molecule has 60 heavy (non-hydrogen) atoms. The summed E-state index contributed by atoms with van der Waals surface area (Å²) in [6.45, 7) is 4.48. The number of allylic oxidation sites excluding steroid dienone is 6. The van der Waals surface area contributed by atoms with Crippen molar-refractivity contribution in [1.29, 1.82) is 0 Å². The molecule has 0 aromatic heterocycles. The molecule has 6 aromatic rings. The molecule has 1 spiro atoms. The molecule has 3 aliphatic carbocycles. The topological polar surface area (TPSA) is 55.2 Å². The third-order valence-electron chi connectivity index (χ3n) is 13.3. The van der Waals surface area contributed by atoms with E-state index in [9.17, 15) is 0 Å². The first-order valence-electron chi connectivity index (χ1n) is 20.8. The van der Waals surface area contributed by atoms with E-state index < -0.39 is 15.8 Å². The van der Waals surface area contributed by atoms with Crippen LogP contribution >= 0.6 is 12.6 Å². The molecule has 0 radical (unpaired) electrons. The number of thiol groups is 1. The van der Waals surface area contributed by atoms with Gasteiger partial charge >= 0.3 is 0 Å². The summed E-state index contributed by atoms with van der Waals surface area (Å²) in [7, 11) is 0. The summed E-state index contributed by atoms with van der Waals surface area (Å²) < 4.78 is 12.7. The van der Waals surface area contributed by atoms with Gasteiger partial charge in [-0.1, -0.05) is 146 Å². The quantitative estimate of drug-likeness (QED) is 0.175. The van der Waals surface area contributed by atoms with Gasteiger partial charge in [0.1, 0.15) is 39.8 Å². The molecule has 6 aliphatic rings. The second-order valence-corrected chi connectivity index (χ2v) is 17.5. The molecule has 290 valence electrons. The zero-order chi connectivity index (χ0) is 40.2. The van der Waals surface area contributed by atoms with Crippen LogP contribution in [0, 0.1) is 5.92 Å². The highest BCUT2D eigenvalue weighted by atomic mass is 32.1. The van der Waals surface area contributed by atoms with Gasteiger partial charge in [-0.25, -0.2) is 9.98 Å². The molecule has 6 aromatic carbocycles. The minimum atomic E-state index is -0.947. The summed E-state index contributed by atoms with van der Waals surface area (Å²) in [6, 6.07) is 49.6. The van der Waals surface area contributed by atoms with Crippen LogP contribution in [0.1, 0.15) is 64.8 Å². The van der Waals surface area contributed by atoms with Gasteiger partial charge in [-0.2, -0.15) is 12.6 Å². The molecule has 5 atom stereocenters. The van der Waals surface area contributed by atoms with Gasteiger partial charge < -0.3 is 14.8 Å². The Kier molecular flexibility index (Phi) is 7.61. The first-order chi connectivity index (χ1) is 29.3. The van der Waals surface area contributed by atoms with Crippen LogP contribution in [0.4, 0.5) is 0 Å². The number of rotatable bonds is 4. The van der Waals surface area contributed by atoms with Gasteiger partial charge in [-0.15, -0.1) is 0 Å². The lowest BCUT2D eigenvalue weighted by atomic mass is 9.61. The summed E-state index contributed by atoms with van der Waals surface area (Å²) in [4.78, 5) is 10.8. The Balaban J connectivity index is 0.997. The molecule has 3 heterocycles. The van der Waals surface area contributed by atoms with Gasteiger partial charge in [0, 0.05) is 33.4 Å². The van der Waals surface area contributed by atoms with E-state index in [-0.39, 0.29) is 6.10 Å². The molecule has 6 heteroatoms. The van der Waals surface area contributed by atoms with Crippen molar-refractivity contribution >= 4 is 29.9 Å². The van der Waals surface area contributed by atoms with Gasteiger partial charge in [0.2, 0.25) is 0 Å². The van der Waals surface area contributed by atoms with E-state index in [0.717, 1.165) is 68.7 Å². The first kappa shape index (κ1) is 35.3. The van der Waals surface area contributed by atoms with Gasteiger partial charge in [0.15, 0.2) is 5.66 Å². The summed E-state index contributed by atoms with van der Waals surface area (Å²) >= 11 is 5.08. The first-order valence-corrected chi connectivity index (χ1v) is 21.2. The van der Waals surface area contributed by atoms with Crippen molar-refractivity contribution in [2.45, 2.75) is 42.2 Å². The lowest BCUT2D eigenvalue weighted by Crippen LogP contribution is -2.40. The average molecular weight is 796 g/mol. The van der Waals surface area contributed by atoms with Gasteiger partial charge in [-0.05, 0) is 89.1 Å². The fraction of sp³-hybridized carbons (Fsp3) is 0.148. The van der Waals surface area contributed by atoms with E-state index in [0.29, 0.717) is 5.92 Å². The Morgan fingerprint density at radius 1 is 0.650 bits per heavy atom. The number of para-hydroxylation sites is 1. The second kappa shape index (κ2) is 12.9. The maximum absolute atomic E-state index is 6.79. The molecular formula is C54H41N3O2S. The third-order valence-corrected chi connectivity index (χ3v) is 13.9. The molecule has 0 amide bonds. The number of amidine groups is 2. The Hall–Kier alpha value is -6.63. The van der Waals surface area contributed by atoms with Gasteiger partial charge in [-0.3, -0.25) is 0 Å². The van der Waals surface area contributed by atoms with Crippen molar-refractivity contribution in [3.8, 4) is 28.4 Å². The van der Waals surface area contributed by atoms with Crippen molar-refractivity contribution in [2.75, 3.05) is 0 Å². The van der Waals surface area contributed by atoms with Crippen LogP contribution in [-0.2, 0) is 15.8 Å². The van der Waals surface area contributed by atoms with Crippen molar-refractivity contribution < 1.29 is 9.47 Å². The molecule has 0 bridgehead atoms. The fourth-order valence-electron chi connectivity index (χ4n) is 10.5. The fourth-order valence-corrected chi connectivity index (χ4v) is 10.9. The molecule has 1 N–H and O–H groups in total. The molecule has 3 aliphatic heterocycles. The lowest BCUT2D eigenvalue weighted by Gasteiger charge is -2.43. The van der Waals surface area contributed by atoms with Crippen LogP contribution in [0.25, 0.3) is 16.7 Å². The van der Waals surface area contributed by atoms with Crippen molar-refractivity contribution in [3.05, 3.63) is 226 Å². The normalized spacial score (nSPS) is 26.1. The third kappa shape index (κ3) is 5.01. The van der Waals surface area contributed by atoms with E-state index in [1.165, 1.54) is 33.4 Å². The molecule has 0 saturated carbocycles. The number of hydrogen-bond donors (Lipinski definition) is 2. The van der Waals surface area contributed by atoms with Crippen molar-refractivity contribution in [1.82, 2.24) is 5.32 Å². The minimum Gasteiger partial charge on any atom is -0.484 e. The van der Waals surface area contributed by atoms with Crippen molar-refractivity contribution in [3.63, 3.8) is 0 Å². The monoisotopic (exact) mass is 795 g/mol. The number of benzene rings is 6. The number of hydrogen-bond acceptors (Lipinski definition) is 6. The summed E-state index contributed by atoms with van der Waals surface area (Å²) in [5.74, 6) is 4.44. The number of nitrogens with zero attached hydrogens (tertiary/aromatic N) is 2.